The van der Waals surface area contributed by atoms with E-state index in [9.17, 15) is 4.79 Å². The van der Waals surface area contributed by atoms with Gasteiger partial charge in [-0.1, -0.05) is 49.0 Å². The normalized spacial score (nSPS) is 19.0. The van der Waals surface area contributed by atoms with Gasteiger partial charge in [-0.2, -0.15) is 0 Å². The molecule has 1 fully saturated rings. The van der Waals surface area contributed by atoms with Crippen molar-refractivity contribution in [3.8, 4) is 0 Å². The highest BCUT2D eigenvalue weighted by molar-refractivity contribution is 7.99. The van der Waals surface area contributed by atoms with Gasteiger partial charge >= 0.3 is 0 Å². The third-order valence-electron chi connectivity index (χ3n) is 4.74. The van der Waals surface area contributed by atoms with E-state index in [-0.39, 0.29) is 5.91 Å². The quantitative estimate of drug-likeness (QED) is 0.732. The Morgan fingerprint density at radius 3 is 2.88 bits per heavy atom. The van der Waals surface area contributed by atoms with Crippen LogP contribution < -0.4 is 0 Å². The van der Waals surface area contributed by atoms with Crippen molar-refractivity contribution < 1.29 is 9.21 Å². The van der Waals surface area contributed by atoms with Crippen molar-refractivity contribution in [2.45, 2.75) is 56.7 Å². The summed E-state index contributed by atoms with van der Waals surface area (Å²) in [6.45, 7) is 5.13. The van der Waals surface area contributed by atoms with E-state index in [1.54, 1.807) is 0 Å². The maximum atomic E-state index is 12.4. The minimum Gasteiger partial charge on any atom is -0.416 e. The Kier molecular flexibility index (Phi) is 6.13. The molecule has 0 aliphatic carbocycles. The summed E-state index contributed by atoms with van der Waals surface area (Å²) in [5.41, 5.74) is 1.25. The minimum absolute atomic E-state index is 0.162. The molecule has 1 aliphatic rings. The Hall–Kier alpha value is -1.82. The summed E-state index contributed by atoms with van der Waals surface area (Å²) in [6.07, 6.45) is 4.11. The van der Waals surface area contributed by atoms with E-state index in [1.807, 2.05) is 23.1 Å². The zero-order valence-electron chi connectivity index (χ0n) is 14.9. The Morgan fingerprint density at radius 1 is 1.32 bits per heavy atom. The highest BCUT2D eigenvalue weighted by Gasteiger charge is 2.23. The van der Waals surface area contributed by atoms with Gasteiger partial charge in [-0.25, -0.2) is 0 Å². The van der Waals surface area contributed by atoms with E-state index in [4.69, 9.17) is 4.42 Å². The summed E-state index contributed by atoms with van der Waals surface area (Å²) in [5, 5.41) is 8.68. The van der Waals surface area contributed by atoms with Crippen molar-refractivity contribution in [1.29, 1.82) is 0 Å². The molecule has 2 heterocycles. The molecule has 5 nitrogen and oxygen atoms in total. The highest BCUT2D eigenvalue weighted by Crippen LogP contribution is 2.23. The monoisotopic (exact) mass is 359 g/mol. The number of thioether (sulfide) groups is 1. The van der Waals surface area contributed by atoms with Crippen molar-refractivity contribution >= 4 is 17.7 Å². The van der Waals surface area contributed by atoms with Crippen LogP contribution in [0.15, 0.2) is 40.0 Å². The van der Waals surface area contributed by atoms with Crippen LogP contribution in [-0.2, 0) is 11.2 Å². The Morgan fingerprint density at radius 2 is 2.12 bits per heavy atom. The van der Waals surface area contributed by atoms with Gasteiger partial charge in [0.15, 0.2) is 0 Å². The van der Waals surface area contributed by atoms with Crippen LogP contribution in [-0.4, -0.2) is 39.3 Å². The van der Waals surface area contributed by atoms with Crippen LogP contribution in [0.1, 0.15) is 50.5 Å². The predicted molar refractivity (Wildman–Crippen MR) is 98.6 cm³/mol. The van der Waals surface area contributed by atoms with Gasteiger partial charge in [0.25, 0.3) is 5.22 Å². The molecule has 2 unspecified atom stereocenters. The number of nitrogens with zero attached hydrogens (tertiary/aromatic N) is 3. The van der Waals surface area contributed by atoms with Gasteiger partial charge in [0.2, 0.25) is 11.8 Å². The lowest BCUT2D eigenvalue weighted by Crippen LogP contribution is -2.42. The number of aromatic nitrogens is 2. The second-order valence-electron chi connectivity index (χ2n) is 6.70. The van der Waals surface area contributed by atoms with Crippen LogP contribution in [0.3, 0.4) is 0 Å². The maximum absolute atomic E-state index is 12.4. The molecule has 134 valence electrons. The first-order valence-corrected chi connectivity index (χ1v) is 9.91. The highest BCUT2D eigenvalue weighted by atomic mass is 32.2. The summed E-state index contributed by atoms with van der Waals surface area (Å²) in [7, 11) is 0. The molecule has 1 amide bonds. The van der Waals surface area contributed by atoms with Crippen molar-refractivity contribution in [2.75, 3.05) is 12.3 Å². The summed E-state index contributed by atoms with van der Waals surface area (Å²) >= 11 is 1.34. The number of hydrogen-bond donors (Lipinski definition) is 0. The van der Waals surface area contributed by atoms with Crippen molar-refractivity contribution in [3.05, 3.63) is 41.8 Å². The number of likely N-dealkylation sites (tertiary alicyclic amines) is 1. The van der Waals surface area contributed by atoms with E-state index in [1.165, 1.54) is 23.7 Å². The van der Waals surface area contributed by atoms with Gasteiger partial charge in [-0.05, 0) is 37.7 Å². The van der Waals surface area contributed by atoms with Crippen LogP contribution in [0.25, 0.3) is 0 Å². The second-order valence-corrected chi connectivity index (χ2v) is 7.62. The Labute approximate surface area is 153 Å². The lowest BCUT2D eigenvalue weighted by Gasteiger charge is -2.33. The molecule has 2 atom stereocenters. The number of carbonyl (C=O) groups is 1. The molecule has 1 aromatic carbocycles. The first-order valence-electron chi connectivity index (χ1n) is 8.93. The molecule has 2 aromatic rings. The smallest absolute Gasteiger partial charge is 0.277 e. The van der Waals surface area contributed by atoms with Gasteiger partial charge in [-0.15, -0.1) is 10.2 Å². The van der Waals surface area contributed by atoms with Gasteiger partial charge in [0.1, 0.15) is 0 Å². The maximum Gasteiger partial charge on any atom is 0.277 e. The van der Waals surface area contributed by atoms with Gasteiger partial charge < -0.3 is 9.32 Å². The number of hydrogen-bond acceptors (Lipinski definition) is 5. The molecule has 0 spiro atoms. The first kappa shape index (κ1) is 18.0. The standard InChI is InChI=1S/C19H25N3O2S/c1-14(16-9-4-3-5-10-16)12-17-20-21-19(24-17)25-13-18(23)22-11-7-6-8-15(22)2/h3-5,9-10,14-15H,6-8,11-13H2,1-2H3. The molecule has 0 bridgehead atoms. The van der Waals surface area contributed by atoms with Gasteiger partial charge in [-0.3, -0.25) is 4.79 Å². The fourth-order valence-corrected chi connectivity index (χ4v) is 3.88. The fraction of sp³-hybridized carbons (Fsp3) is 0.526. The summed E-state index contributed by atoms with van der Waals surface area (Å²) in [4.78, 5) is 14.3. The summed E-state index contributed by atoms with van der Waals surface area (Å²) in [5.74, 6) is 1.46. The zero-order valence-corrected chi connectivity index (χ0v) is 15.7. The molecular weight excluding hydrogens is 334 g/mol. The second kappa shape index (κ2) is 8.52. The molecule has 3 rings (SSSR count). The summed E-state index contributed by atoms with van der Waals surface area (Å²) in [6, 6.07) is 10.6. The molecular formula is C19H25N3O2S. The fourth-order valence-electron chi connectivity index (χ4n) is 3.22. The molecule has 0 N–H and O–H groups in total. The molecule has 1 aromatic heterocycles. The van der Waals surface area contributed by atoms with E-state index in [0.717, 1.165) is 19.4 Å². The molecule has 6 heteroatoms. The molecule has 0 saturated carbocycles. The minimum atomic E-state index is 0.162. The number of carbonyl (C=O) groups excluding carboxylic acids is 1. The molecule has 25 heavy (non-hydrogen) atoms. The number of benzene rings is 1. The summed E-state index contributed by atoms with van der Waals surface area (Å²) < 4.78 is 5.71. The van der Waals surface area contributed by atoms with E-state index >= 15 is 0 Å². The number of rotatable bonds is 6. The first-order chi connectivity index (χ1) is 12.1. The lowest BCUT2D eigenvalue weighted by molar-refractivity contribution is -0.131. The van der Waals surface area contributed by atoms with Gasteiger partial charge in [0, 0.05) is 19.0 Å². The van der Waals surface area contributed by atoms with E-state index in [0.29, 0.717) is 35.2 Å². The van der Waals surface area contributed by atoms with Crippen LogP contribution in [0.2, 0.25) is 0 Å². The van der Waals surface area contributed by atoms with Crippen molar-refractivity contribution in [1.82, 2.24) is 15.1 Å². The van der Waals surface area contributed by atoms with Crippen molar-refractivity contribution in [2.24, 2.45) is 0 Å². The molecule has 1 saturated heterocycles. The van der Waals surface area contributed by atoms with Crippen LogP contribution in [0, 0.1) is 0 Å². The van der Waals surface area contributed by atoms with Crippen LogP contribution >= 0.6 is 11.8 Å². The number of piperidine rings is 1. The predicted octanol–water partition coefficient (Wildman–Crippen LogP) is 3.91. The van der Waals surface area contributed by atoms with Gasteiger partial charge in [0.05, 0.1) is 5.75 Å². The van der Waals surface area contributed by atoms with E-state index in [2.05, 4.69) is 36.2 Å². The Balaban J connectivity index is 1.51. The number of amides is 1. The van der Waals surface area contributed by atoms with Crippen LogP contribution in [0.5, 0.6) is 0 Å². The zero-order chi connectivity index (χ0) is 17.6. The Bertz CT molecular complexity index is 689. The molecule has 0 radical (unpaired) electrons. The average Bonchev–Trinajstić information content (AvgIpc) is 3.08. The average molecular weight is 359 g/mol. The van der Waals surface area contributed by atoms with Crippen LogP contribution in [0.4, 0.5) is 0 Å². The third-order valence-corrected chi connectivity index (χ3v) is 5.54. The van der Waals surface area contributed by atoms with Crippen molar-refractivity contribution in [3.63, 3.8) is 0 Å². The molecule has 1 aliphatic heterocycles. The lowest BCUT2D eigenvalue weighted by atomic mass is 9.98. The van der Waals surface area contributed by atoms with E-state index < -0.39 is 0 Å². The largest absolute Gasteiger partial charge is 0.416 e. The topological polar surface area (TPSA) is 59.2 Å². The third kappa shape index (κ3) is 4.84. The SMILES string of the molecule is CC(Cc1nnc(SCC(=O)N2CCCCC2C)o1)c1ccccc1.